The summed E-state index contributed by atoms with van der Waals surface area (Å²) in [5.41, 5.74) is 0.820. The molecule has 0 aliphatic carbocycles. The normalized spacial score (nSPS) is 9.77. The van der Waals surface area contributed by atoms with E-state index < -0.39 is 0 Å². The molecule has 0 saturated heterocycles. The first-order chi connectivity index (χ1) is 6.31. The van der Waals surface area contributed by atoms with Gasteiger partial charge in [0.2, 0.25) is 0 Å². The first kappa shape index (κ1) is 9.80. The van der Waals surface area contributed by atoms with Crippen molar-refractivity contribution in [1.29, 1.82) is 0 Å². The van der Waals surface area contributed by atoms with Crippen LogP contribution in [0.25, 0.3) is 0 Å². The van der Waals surface area contributed by atoms with E-state index in [-0.39, 0.29) is 0 Å². The Morgan fingerprint density at radius 3 is 2.38 bits per heavy atom. The van der Waals surface area contributed by atoms with Crippen molar-refractivity contribution in [2.45, 2.75) is 6.61 Å². The van der Waals surface area contributed by atoms with Crippen LogP contribution in [0.5, 0.6) is 11.5 Å². The van der Waals surface area contributed by atoms with Crippen LogP contribution >= 0.6 is 0 Å². The molecule has 4 nitrogen and oxygen atoms in total. The SMILES string of the molecule is COCc1cc(OC)c(OC)cn1. The van der Waals surface area contributed by atoms with Crippen LogP contribution in [0.3, 0.4) is 0 Å². The highest BCUT2D eigenvalue weighted by atomic mass is 16.5. The second kappa shape index (κ2) is 4.67. The lowest BCUT2D eigenvalue weighted by Crippen LogP contribution is -1.96. The van der Waals surface area contributed by atoms with Gasteiger partial charge in [-0.15, -0.1) is 0 Å². The van der Waals surface area contributed by atoms with E-state index in [9.17, 15) is 0 Å². The molecule has 0 atom stereocenters. The maximum Gasteiger partial charge on any atom is 0.179 e. The van der Waals surface area contributed by atoms with Gasteiger partial charge in [0.15, 0.2) is 11.5 Å². The van der Waals surface area contributed by atoms with Gasteiger partial charge in [-0.2, -0.15) is 0 Å². The topological polar surface area (TPSA) is 40.6 Å². The molecule has 0 saturated carbocycles. The van der Waals surface area contributed by atoms with Crippen molar-refractivity contribution in [3.05, 3.63) is 18.0 Å². The quantitative estimate of drug-likeness (QED) is 0.704. The lowest BCUT2D eigenvalue weighted by molar-refractivity contribution is 0.181. The molecule has 0 aliphatic rings. The van der Waals surface area contributed by atoms with Gasteiger partial charge in [-0.05, 0) is 0 Å². The summed E-state index contributed by atoms with van der Waals surface area (Å²) in [4.78, 5) is 4.12. The molecule has 0 amide bonds. The Bertz CT molecular complexity index is 276. The zero-order valence-electron chi connectivity index (χ0n) is 8.03. The molecule has 0 fully saturated rings. The smallest absolute Gasteiger partial charge is 0.179 e. The highest BCUT2D eigenvalue weighted by Gasteiger charge is 2.04. The fourth-order valence-electron chi connectivity index (χ4n) is 1.00. The maximum absolute atomic E-state index is 5.10. The number of pyridine rings is 1. The summed E-state index contributed by atoms with van der Waals surface area (Å²) < 4.78 is 15.1. The molecule has 72 valence electrons. The third-order valence-electron chi connectivity index (χ3n) is 1.62. The van der Waals surface area contributed by atoms with Gasteiger partial charge >= 0.3 is 0 Å². The van der Waals surface area contributed by atoms with Gasteiger partial charge in [-0.1, -0.05) is 0 Å². The lowest BCUT2D eigenvalue weighted by Gasteiger charge is -2.07. The van der Waals surface area contributed by atoms with E-state index in [0.717, 1.165) is 5.69 Å². The molecule has 0 radical (unpaired) electrons. The Labute approximate surface area is 77.5 Å². The van der Waals surface area contributed by atoms with Crippen molar-refractivity contribution in [1.82, 2.24) is 4.98 Å². The molecule has 0 unspecified atom stereocenters. The largest absolute Gasteiger partial charge is 0.493 e. The Kier molecular flexibility index (Phi) is 3.52. The Morgan fingerprint density at radius 1 is 1.15 bits per heavy atom. The maximum atomic E-state index is 5.10. The summed E-state index contributed by atoms with van der Waals surface area (Å²) in [5, 5.41) is 0. The molecule has 4 heteroatoms. The molecule has 0 bridgehead atoms. The molecule has 0 N–H and O–H groups in total. The van der Waals surface area contributed by atoms with Crippen molar-refractivity contribution >= 4 is 0 Å². The fourth-order valence-corrected chi connectivity index (χ4v) is 1.00. The summed E-state index contributed by atoms with van der Waals surface area (Å²) in [6, 6.07) is 1.79. The van der Waals surface area contributed by atoms with E-state index in [1.54, 1.807) is 33.6 Å². The van der Waals surface area contributed by atoms with Crippen molar-refractivity contribution in [3.8, 4) is 11.5 Å². The summed E-state index contributed by atoms with van der Waals surface area (Å²) in [7, 11) is 4.79. The van der Waals surface area contributed by atoms with Crippen LogP contribution in [0.2, 0.25) is 0 Å². The van der Waals surface area contributed by atoms with Gasteiger partial charge in [0.25, 0.3) is 0 Å². The van der Waals surface area contributed by atoms with Crippen molar-refractivity contribution in [3.63, 3.8) is 0 Å². The highest BCUT2D eigenvalue weighted by Crippen LogP contribution is 2.25. The Hall–Kier alpha value is -1.29. The van der Waals surface area contributed by atoms with E-state index in [4.69, 9.17) is 14.2 Å². The molecule has 13 heavy (non-hydrogen) atoms. The summed E-state index contributed by atoms with van der Waals surface area (Å²) in [6.07, 6.45) is 1.62. The third-order valence-corrected chi connectivity index (χ3v) is 1.62. The Balaban J connectivity index is 2.91. The first-order valence-corrected chi connectivity index (χ1v) is 3.87. The summed E-state index contributed by atoms with van der Waals surface area (Å²) in [6.45, 7) is 0.473. The minimum Gasteiger partial charge on any atom is -0.493 e. The summed E-state index contributed by atoms with van der Waals surface area (Å²) >= 11 is 0. The van der Waals surface area contributed by atoms with Gasteiger partial charge < -0.3 is 14.2 Å². The lowest BCUT2D eigenvalue weighted by atomic mass is 10.3. The predicted octanol–water partition coefficient (Wildman–Crippen LogP) is 1.25. The van der Waals surface area contributed by atoms with Gasteiger partial charge in [-0.3, -0.25) is 4.98 Å². The molecule has 0 spiro atoms. The van der Waals surface area contributed by atoms with Gasteiger partial charge in [0, 0.05) is 13.2 Å². The number of ether oxygens (including phenoxy) is 3. The average molecular weight is 183 g/mol. The van der Waals surface area contributed by atoms with Gasteiger partial charge in [0.05, 0.1) is 32.7 Å². The number of methoxy groups -OCH3 is 3. The number of hydrogen-bond acceptors (Lipinski definition) is 4. The number of aromatic nitrogens is 1. The van der Waals surface area contributed by atoms with Crippen molar-refractivity contribution in [2.75, 3.05) is 21.3 Å². The van der Waals surface area contributed by atoms with Gasteiger partial charge in [-0.25, -0.2) is 0 Å². The van der Waals surface area contributed by atoms with Crippen LogP contribution in [-0.4, -0.2) is 26.3 Å². The van der Waals surface area contributed by atoms with E-state index >= 15 is 0 Å². The number of rotatable bonds is 4. The fraction of sp³-hybridized carbons (Fsp3) is 0.444. The van der Waals surface area contributed by atoms with Crippen LogP contribution in [0.4, 0.5) is 0 Å². The minimum atomic E-state index is 0.473. The molecule has 1 rings (SSSR count). The van der Waals surface area contributed by atoms with Gasteiger partial charge in [0.1, 0.15) is 0 Å². The number of hydrogen-bond donors (Lipinski definition) is 0. The van der Waals surface area contributed by atoms with Crippen LogP contribution in [0, 0.1) is 0 Å². The second-order valence-corrected chi connectivity index (χ2v) is 2.46. The first-order valence-electron chi connectivity index (χ1n) is 3.87. The molecule has 1 aromatic heterocycles. The molecule has 0 aliphatic heterocycles. The summed E-state index contributed by atoms with van der Waals surface area (Å²) in [5.74, 6) is 1.30. The van der Waals surface area contributed by atoms with Crippen molar-refractivity contribution < 1.29 is 14.2 Å². The van der Waals surface area contributed by atoms with Crippen LogP contribution in [0.15, 0.2) is 12.3 Å². The van der Waals surface area contributed by atoms with Crippen LogP contribution in [-0.2, 0) is 11.3 Å². The standard InChI is InChI=1S/C9H13NO3/c1-11-6-7-4-8(12-2)9(13-3)5-10-7/h4-5H,6H2,1-3H3. The monoisotopic (exact) mass is 183 g/mol. The third kappa shape index (κ3) is 2.32. The highest BCUT2D eigenvalue weighted by molar-refractivity contribution is 5.38. The van der Waals surface area contributed by atoms with Crippen LogP contribution < -0.4 is 9.47 Å². The Morgan fingerprint density at radius 2 is 1.85 bits per heavy atom. The molecule has 0 aromatic carbocycles. The van der Waals surface area contributed by atoms with E-state index in [0.29, 0.717) is 18.1 Å². The average Bonchev–Trinajstić information content (AvgIpc) is 2.18. The van der Waals surface area contributed by atoms with Crippen LogP contribution in [0.1, 0.15) is 5.69 Å². The molecular weight excluding hydrogens is 170 g/mol. The van der Waals surface area contributed by atoms with E-state index in [1.165, 1.54) is 0 Å². The zero-order chi connectivity index (χ0) is 9.68. The predicted molar refractivity (Wildman–Crippen MR) is 48.1 cm³/mol. The van der Waals surface area contributed by atoms with E-state index in [2.05, 4.69) is 4.98 Å². The molecule has 1 aromatic rings. The van der Waals surface area contributed by atoms with E-state index in [1.807, 2.05) is 0 Å². The molecular formula is C9H13NO3. The second-order valence-electron chi connectivity index (χ2n) is 2.46. The van der Waals surface area contributed by atoms with Crippen molar-refractivity contribution in [2.24, 2.45) is 0 Å². The minimum absolute atomic E-state index is 0.473. The number of nitrogens with zero attached hydrogens (tertiary/aromatic N) is 1. The molecule has 1 heterocycles. The zero-order valence-corrected chi connectivity index (χ0v) is 8.03.